The van der Waals surface area contributed by atoms with Crippen molar-refractivity contribution in [1.29, 1.82) is 0 Å². The predicted octanol–water partition coefficient (Wildman–Crippen LogP) is 7.25. The van der Waals surface area contributed by atoms with Crippen molar-refractivity contribution in [3.8, 4) is 11.5 Å². The molecule has 1 aliphatic heterocycles. The van der Waals surface area contributed by atoms with Crippen molar-refractivity contribution >= 4 is 27.5 Å². The van der Waals surface area contributed by atoms with Crippen molar-refractivity contribution in [2.45, 2.75) is 71.3 Å². The van der Waals surface area contributed by atoms with Crippen molar-refractivity contribution < 1.29 is 19.1 Å². The summed E-state index contributed by atoms with van der Waals surface area (Å²) in [6.45, 7) is 5.83. The van der Waals surface area contributed by atoms with Gasteiger partial charge >= 0.3 is 0 Å². The summed E-state index contributed by atoms with van der Waals surface area (Å²) < 4.78 is 13.0. The molecule has 0 saturated heterocycles. The van der Waals surface area contributed by atoms with Crippen LogP contribution >= 0.6 is 15.9 Å². The van der Waals surface area contributed by atoms with Gasteiger partial charge in [-0.1, -0.05) is 37.3 Å². The van der Waals surface area contributed by atoms with Crippen LogP contribution < -0.4 is 9.47 Å². The lowest BCUT2D eigenvalue weighted by Gasteiger charge is -2.44. The van der Waals surface area contributed by atoms with Crippen LogP contribution in [-0.4, -0.2) is 29.6 Å². The van der Waals surface area contributed by atoms with Crippen LogP contribution in [0.25, 0.3) is 0 Å². The Hall–Kier alpha value is -2.86. The summed E-state index contributed by atoms with van der Waals surface area (Å²) in [4.78, 5) is 29.3. The molecule has 0 amide bonds. The first kappa shape index (κ1) is 25.8. The monoisotopic (exact) mass is 563 g/mol. The standard InChI is InChI=1S/C31H34BrNO4/c1-3-16-33-23-12-8-14-25(34)29(23)28(30-24(33)13-9-15-26(30)35)21-17-22(32)31(27(18-21)36-4-2)37-19-20-10-6-5-7-11-20/h5-7,10-11,17-18,28H,3-4,8-9,12-16,19H2,1-2H3. The average molecular weight is 565 g/mol. The molecular formula is C31H34BrNO4. The Labute approximate surface area is 227 Å². The highest BCUT2D eigenvalue weighted by Gasteiger charge is 2.43. The fourth-order valence-electron chi connectivity index (χ4n) is 5.93. The molecule has 0 spiro atoms. The van der Waals surface area contributed by atoms with E-state index in [1.54, 1.807) is 0 Å². The van der Waals surface area contributed by atoms with E-state index in [9.17, 15) is 9.59 Å². The van der Waals surface area contributed by atoms with E-state index in [-0.39, 0.29) is 17.5 Å². The Balaban J connectivity index is 1.62. The van der Waals surface area contributed by atoms with Gasteiger partial charge in [0.2, 0.25) is 0 Å². The van der Waals surface area contributed by atoms with Crippen LogP contribution in [0.3, 0.4) is 0 Å². The van der Waals surface area contributed by atoms with Gasteiger partial charge in [-0.15, -0.1) is 0 Å². The quantitative estimate of drug-likeness (QED) is 0.338. The number of ether oxygens (including phenoxy) is 2. The normalized spacial score (nSPS) is 18.2. The maximum atomic E-state index is 13.5. The van der Waals surface area contributed by atoms with Gasteiger partial charge in [0.15, 0.2) is 23.1 Å². The third kappa shape index (κ3) is 5.00. The number of benzene rings is 2. The minimum Gasteiger partial charge on any atom is -0.490 e. The summed E-state index contributed by atoms with van der Waals surface area (Å²) in [5.41, 5.74) is 5.82. The topological polar surface area (TPSA) is 55.8 Å². The molecule has 3 aliphatic rings. The van der Waals surface area contributed by atoms with E-state index in [1.807, 2.05) is 49.4 Å². The van der Waals surface area contributed by atoms with Gasteiger partial charge in [-0.05, 0) is 78.2 Å². The Kier molecular flexibility index (Phi) is 7.84. The van der Waals surface area contributed by atoms with E-state index >= 15 is 0 Å². The summed E-state index contributed by atoms with van der Waals surface area (Å²) >= 11 is 3.73. The van der Waals surface area contributed by atoms with Gasteiger partial charge in [0, 0.05) is 47.8 Å². The molecular weight excluding hydrogens is 530 g/mol. The van der Waals surface area contributed by atoms with Gasteiger partial charge in [0.1, 0.15) is 6.61 Å². The first-order chi connectivity index (χ1) is 18.0. The zero-order valence-electron chi connectivity index (χ0n) is 21.6. The van der Waals surface area contributed by atoms with Crippen LogP contribution in [0.1, 0.15) is 75.8 Å². The van der Waals surface area contributed by atoms with Crippen LogP contribution in [0.15, 0.2) is 69.5 Å². The van der Waals surface area contributed by atoms with Crippen molar-refractivity contribution in [2.75, 3.05) is 13.2 Å². The number of ketones is 2. The molecule has 37 heavy (non-hydrogen) atoms. The number of allylic oxidation sites excluding steroid dienone is 4. The van der Waals surface area contributed by atoms with Crippen LogP contribution in [0.4, 0.5) is 0 Å². The lowest BCUT2D eigenvalue weighted by molar-refractivity contribution is -0.117. The first-order valence-corrected chi connectivity index (χ1v) is 14.3. The SMILES string of the molecule is CCCN1C2=C(C(=O)CCC2)C(c2cc(Br)c(OCc3ccccc3)c(OCC)c2)C2=C1CCCC2=O. The van der Waals surface area contributed by atoms with Crippen molar-refractivity contribution in [3.63, 3.8) is 0 Å². The summed E-state index contributed by atoms with van der Waals surface area (Å²) in [5, 5.41) is 0. The number of Topliss-reactive ketones (excluding diaryl/α,β-unsaturated/α-hetero) is 2. The third-order valence-electron chi connectivity index (χ3n) is 7.42. The molecule has 0 bridgehead atoms. The fourth-order valence-corrected chi connectivity index (χ4v) is 6.50. The molecule has 5 rings (SSSR count). The molecule has 2 aromatic carbocycles. The zero-order valence-corrected chi connectivity index (χ0v) is 23.2. The molecule has 2 aromatic rings. The largest absolute Gasteiger partial charge is 0.490 e. The average Bonchev–Trinajstić information content (AvgIpc) is 2.89. The van der Waals surface area contributed by atoms with Crippen LogP contribution in [0.2, 0.25) is 0 Å². The fraction of sp³-hybridized carbons (Fsp3) is 0.419. The van der Waals surface area contributed by atoms with Crippen molar-refractivity contribution in [3.05, 3.63) is 80.6 Å². The minimum atomic E-state index is -0.364. The minimum absolute atomic E-state index is 0.163. The predicted molar refractivity (Wildman–Crippen MR) is 148 cm³/mol. The van der Waals surface area contributed by atoms with E-state index in [0.717, 1.165) is 76.8 Å². The smallest absolute Gasteiger partial charge is 0.175 e. The summed E-state index contributed by atoms with van der Waals surface area (Å²) in [6, 6.07) is 14.0. The number of nitrogens with zero attached hydrogens (tertiary/aromatic N) is 1. The van der Waals surface area contributed by atoms with E-state index in [4.69, 9.17) is 9.47 Å². The molecule has 194 valence electrons. The highest BCUT2D eigenvalue weighted by atomic mass is 79.9. The molecule has 0 atom stereocenters. The Bertz CT molecular complexity index is 1220. The molecule has 6 heteroatoms. The molecule has 0 saturated carbocycles. The third-order valence-corrected chi connectivity index (χ3v) is 8.01. The second-order valence-corrected chi connectivity index (χ2v) is 10.8. The highest BCUT2D eigenvalue weighted by Crippen LogP contribution is 2.51. The Morgan fingerprint density at radius 2 is 1.54 bits per heavy atom. The van der Waals surface area contributed by atoms with Gasteiger partial charge in [0.05, 0.1) is 11.1 Å². The Morgan fingerprint density at radius 3 is 2.14 bits per heavy atom. The molecule has 5 nitrogen and oxygen atoms in total. The molecule has 1 heterocycles. The van der Waals surface area contributed by atoms with Gasteiger partial charge < -0.3 is 14.4 Å². The summed E-state index contributed by atoms with van der Waals surface area (Å²) in [7, 11) is 0. The molecule has 0 unspecified atom stereocenters. The van der Waals surface area contributed by atoms with Gasteiger partial charge in [-0.25, -0.2) is 0 Å². The lowest BCUT2D eigenvalue weighted by atomic mass is 9.71. The summed E-state index contributed by atoms with van der Waals surface area (Å²) in [6.07, 6.45) is 5.51. The van der Waals surface area contributed by atoms with Crippen molar-refractivity contribution in [1.82, 2.24) is 4.90 Å². The van der Waals surface area contributed by atoms with Gasteiger partial charge in [-0.3, -0.25) is 9.59 Å². The van der Waals surface area contributed by atoms with E-state index in [2.05, 4.69) is 27.8 Å². The van der Waals surface area contributed by atoms with Crippen LogP contribution in [0.5, 0.6) is 11.5 Å². The van der Waals surface area contributed by atoms with Gasteiger partial charge in [0.25, 0.3) is 0 Å². The molecule has 0 fully saturated rings. The molecule has 0 radical (unpaired) electrons. The van der Waals surface area contributed by atoms with E-state index in [0.29, 0.717) is 37.6 Å². The number of hydrogen-bond donors (Lipinski definition) is 0. The van der Waals surface area contributed by atoms with E-state index in [1.165, 1.54) is 0 Å². The number of halogens is 1. The number of carbonyl (C=O) groups is 2. The van der Waals surface area contributed by atoms with Crippen LogP contribution in [0, 0.1) is 0 Å². The molecule has 2 aliphatic carbocycles. The highest BCUT2D eigenvalue weighted by molar-refractivity contribution is 9.10. The lowest BCUT2D eigenvalue weighted by Crippen LogP contribution is -2.39. The number of hydrogen-bond acceptors (Lipinski definition) is 5. The maximum absolute atomic E-state index is 13.5. The number of carbonyl (C=O) groups excluding carboxylic acids is 2. The van der Waals surface area contributed by atoms with Crippen molar-refractivity contribution in [2.24, 2.45) is 0 Å². The first-order valence-electron chi connectivity index (χ1n) is 13.5. The number of rotatable bonds is 8. The molecule has 0 aromatic heterocycles. The second kappa shape index (κ2) is 11.3. The van der Waals surface area contributed by atoms with Gasteiger partial charge in [-0.2, -0.15) is 0 Å². The Morgan fingerprint density at radius 1 is 0.892 bits per heavy atom. The zero-order chi connectivity index (χ0) is 25.9. The maximum Gasteiger partial charge on any atom is 0.175 e. The van der Waals surface area contributed by atoms with Crippen LogP contribution in [-0.2, 0) is 16.2 Å². The molecule has 0 N–H and O–H groups in total. The summed E-state index contributed by atoms with van der Waals surface area (Å²) in [5.74, 6) is 1.21. The second-order valence-electron chi connectivity index (χ2n) is 9.90. The van der Waals surface area contributed by atoms with E-state index < -0.39 is 0 Å².